The normalized spacial score (nSPS) is 14.5. The Balaban J connectivity index is 2.01. The maximum absolute atomic E-state index is 12.2. The molecule has 0 spiro atoms. The van der Waals surface area contributed by atoms with Gasteiger partial charge in [-0.05, 0) is 37.6 Å². The number of benzene rings is 1. The van der Waals surface area contributed by atoms with Crippen molar-refractivity contribution in [2.75, 3.05) is 19.6 Å². The summed E-state index contributed by atoms with van der Waals surface area (Å²) in [4.78, 5) is 14.0. The molecule has 1 amide bonds. The van der Waals surface area contributed by atoms with Crippen LogP contribution in [0.25, 0.3) is 0 Å². The highest BCUT2D eigenvalue weighted by Crippen LogP contribution is 2.15. The summed E-state index contributed by atoms with van der Waals surface area (Å²) >= 11 is 0. The molecule has 0 aromatic heterocycles. The number of hydrogen-bond donors (Lipinski definition) is 1. The molecule has 2 rings (SSSR count). The molecule has 0 unspecified atom stereocenters. The van der Waals surface area contributed by atoms with Crippen LogP contribution >= 0.6 is 0 Å². The van der Waals surface area contributed by atoms with Gasteiger partial charge >= 0.3 is 0 Å². The van der Waals surface area contributed by atoms with Crippen molar-refractivity contribution in [1.29, 1.82) is 5.26 Å². The third-order valence-corrected chi connectivity index (χ3v) is 3.56. The van der Waals surface area contributed by atoms with Crippen LogP contribution in [0, 0.1) is 17.2 Å². The summed E-state index contributed by atoms with van der Waals surface area (Å²) in [5.41, 5.74) is 1.57. The molecular formula is C15H19N3O. The van der Waals surface area contributed by atoms with Gasteiger partial charge in [0, 0.05) is 19.5 Å². The molecule has 1 aromatic carbocycles. The lowest BCUT2D eigenvalue weighted by molar-refractivity contribution is -0.133. The Kier molecular flexibility index (Phi) is 4.53. The molecule has 1 aliphatic heterocycles. The lowest BCUT2D eigenvalue weighted by atomic mass is 9.98. The van der Waals surface area contributed by atoms with Gasteiger partial charge in [0.05, 0.1) is 11.6 Å². The molecular weight excluding hydrogens is 238 g/mol. The molecule has 1 saturated heterocycles. The molecule has 1 aliphatic rings. The van der Waals surface area contributed by atoms with Gasteiger partial charge < -0.3 is 10.2 Å². The third kappa shape index (κ3) is 3.33. The second-order valence-corrected chi connectivity index (χ2v) is 4.91. The van der Waals surface area contributed by atoms with Crippen molar-refractivity contribution in [2.24, 2.45) is 5.92 Å². The van der Waals surface area contributed by atoms with Gasteiger partial charge in [-0.25, -0.2) is 0 Å². The first-order valence-electron chi connectivity index (χ1n) is 6.71. The summed E-state index contributed by atoms with van der Waals surface area (Å²) < 4.78 is 0. The van der Waals surface area contributed by atoms with Gasteiger partial charge in [-0.3, -0.25) is 4.79 Å². The monoisotopic (exact) mass is 257 g/mol. The Bertz CT molecular complexity index is 488. The number of nitriles is 1. The van der Waals surface area contributed by atoms with E-state index in [-0.39, 0.29) is 5.91 Å². The number of nitrogens with one attached hydrogen (secondary N) is 1. The molecule has 0 aliphatic carbocycles. The zero-order chi connectivity index (χ0) is 13.7. The van der Waals surface area contributed by atoms with Gasteiger partial charge in [-0.1, -0.05) is 18.2 Å². The van der Waals surface area contributed by atoms with E-state index in [4.69, 9.17) is 5.26 Å². The van der Waals surface area contributed by atoms with Crippen LogP contribution in [-0.2, 0) is 11.3 Å². The highest BCUT2D eigenvalue weighted by atomic mass is 16.2. The fourth-order valence-electron chi connectivity index (χ4n) is 2.22. The van der Waals surface area contributed by atoms with Gasteiger partial charge in [0.15, 0.2) is 0 Å². The molecule has 0 radical (unpaired) electrons. The van der Waals surface area contributed by atoms with E-state index < -0.39 is 0 Å². The van der Waals surface area contributed by atoms with E-state index in [1.807, 2.05) is 30.0 Å². The van der Waals surface area contributed by atoms with Crippen molar-refractivity contribution in [2.45, 2.75) is 19.9 Å². The molecule has 1 fully saturated rings. The minimum atomic E-state index is 0.182. The number of amides is 1. The smallest absolute Gasteiger partial charge is 0.223 e. The number of hydrogen-bond acceptors (Lipinski definition) is 3. The van der Waals surface area contributed by atoms with Gasteiger partial charge in [0.1, 0.15) is 0 Å². The Morgan fingerprint density at radius 1 is 1.47 bits per heavy atom. The van der Waals surface area contributed by atoms with Gasteiger partial charge in [-0.2, -0.15) is 5.26 Å². The summed E-state index contributed by atoms with van der Waals surface area (Å²) in [6.45, 7) is 5.07. The molecule has 0 atom stereocenters. The maximum Gasteiger partial charge on any atom is 0.223 e. The summed E-state index contributed by atoms with van der Waals surface area (Å²) in [6.07, 6.45) is 0.607. The van der Waals surface area contributed by atoms with Crippen LogP contribution in [0.1, 0.15) is 24.5 Å². The molecule has 19 heavy (non-hydrogen) atoms. The van der Waals surface area contributed by atoms with E-state index in [1.54, 1.807) is 6.07 Å². The summed E-state index contributed by atoms with van der Waals surface area (Å²) in [5, 5.41) is 12.3. The molecule has 0 saturated carbocycles. The second-order valence-electron chi connectivity index (χ2n) is 4.91. The van der Waals surface area contributed by atoms with Crippen molar-refractivity contribution in [3.05, 3.63) is 35.4 Å². The van der Waals surface area contributed by atoms with E-state index in [0.29, 0.717) is 31.0 Å². The highest BCUT2D eigenvalue weighted by molar-refractivity contribution is 5.76. The molecule has 4 heteroatoms. The zero-order valence-electron chi connectivity index (χ0n) is 11.2. The van der Waals surface area contributed by atoms with E-state index in [1.165, 1.54) is 0 Å². The predicted molar refractivity (Wildman–Crippen MR) is 73.2 cm³/mol. The van der Waals surface area contributed by atoms with E-state index in [0.717, 1.165) is 18.7 Å². The first-order chi connectivity index (χ1) is 9.24. The van der Waals surface area contributed by atoms with Crippen LogP contribution in [0.4, 0.5) is 0 Å². The van der Waals surface area contributed by atoms with Crippen LogP contribution in [0.2, 0.25) is 0 Å². The van der Waals surface area contributed by atoms with Crippen LogP contribution in [-0.4, -0.2) is 30.4 Å². The lowest BCUT2D eigenvalue weighted by Gasteiger charge is -2.29. The molecule has 1 aromatic rings. The number of nitrogens with zero attached hydrogens (tertiary/aromatic N) is 2. The van der Waals surface area contributed by atoms with E-state index >= 15 is 0 Å². The standard InChI is InChI=1S/C15H19N3O/c1-2-18(15(19)7-12-9-17-10-12)11-14-6-4-3-5-13(14)8-16/h3-6,12,17H,2,7,9-11H2,1H3. The Morgan fingerprint density at radius 2 is 2.21 bits per heavy atom. The fourth-order valence-corrected chi connectivity index (χ4v) is 2.22. The summed E-state index contributed by atoms with van der Waals surface area (Å²) in [7, 11) is 0. The Hall–Kier alpha value is -1.86. The third-order valence-electron chi connectivity index (χ3n) is 3.56. The largest absolute Gasteiger partial charge is 0.339 e. The number of carbonyl (C=O) groups excluding carboxylic acids is 1. The van der Waals surface area contributed by atoms with Gasteiger partial charge in [0.2, 0.25) is 5.91 Å². The van der Waals surface area contributed by atoms with Crippen LogP contribution in [0.3, 0.4) is 0 Å². The fraction of sp³-hybridized carbons (Fsp3) is 0.467. The zero-order valence-corrected chi connectivity index (χ0v) is 11.2. The molecule has 1 N–H and O–H groups in total. The first kappa shape index (κ1) is 13.6. The van der Waals surface area contributed by atoms with Crippen molar-refractivity contribution in [3.8, 4) is 6.07 Å². The highest BCUT2D eigenvalue weighted by Gasteiger charge is 2.23. The van der Waals surface area contributed by atoms with E-state index in [9.17, 15) is 4.79 Å². The minimum Gasteiger partial charge on any atom is -0.339 e. The average Bonchev–Trinajstić information content (AvgIpc) is 2.40. The molecule has 0 bridgehead atoms. The molecule has 4 nitrogen and oxygen atoms in total. The minimum absolute atomic E-state index is 0.182. The topological polar surface area (TPSA) is 56.1 Å². The maximum atomic E-state index is 12.2. The van der Waals surface area contributed by atoms with E-state index in [2.05, 4.69) is 11.4 Å². The summed E-state index contributed by atoms with van der Waals surface area (Å²) in [6, 6.07) is 9.64. The van der Waals surface area contributed by atoms with Gasteiger partial charge in [-0.15, -0.1) is 0 Å². The molecule has 100 valence electrons. The van der Waals surface area contributed by atoms with Gasteiger partial charge in [0.25, 0.3) is 0 Å². The van der Waals surface area contributed by atoms with Crippen molar-refractivity contribution < 1.29 is 4.79 Å². The predicted octanol–water partition coefficient (Wildman–Crippen LogP) is 1.52. The molecule has 1 heterocycles. The van der Waals surface area contributed by atoms with Crippen molar-refractivity contribution in [1.82, 2.24) is 10.2 Å². The van der Waals surface area contributed by atoms with Crippen LogP contribution in [0.15, 0.2) is 24.3 Å². The lowest BCUT2D eigenvalue weighted by Crippen LogP contribution is -2.45. The Morgan fingerprint density at radius 3 is 2.79 bits per heavy atom. The first-order valence-corrected chi connectivity index (χ1v) is 6.71. The van der Waals surface area contributed by atoms with Crippen LogP contribution < -0.4 is 5.32 Å². The average molecular weight is 257 g/mol. The van der Waals surface area contributed by atoms with Crippen molar-refractivity contribution >= 4 is 5.91 Å². The Labute approximate surface area is 114 Å². The SMILES string of the molecule is CCN(Cc1ccccc1C#N)C(=O)CC1CNC1. The van der Waals surface area contributed by atoms with Crippen molar-refractivity contribution in [3.63, 3.8) is 0 Å². The number of rotatable bonds is 5. The second kappa shape index (κ2) is 6.35. The van der Waals surface area contributed by atoms with Crippen LogP contribution in [0.5, 0.6) is 0 Å². The quantitative estimate of drug-likeness (QED) is 0.870. The number of carbonyl (C=O) groups is 1. The summed E-state index contributed by atoms with van der Waals surface area (Å²) in [5.74, 6) is 0.662.